The molecule has 4 atom stereocenters. The SMILES string of the molecule is CC(C)(C)OC(=O)N[C@H]1C[C@@H](N2CC=C(c3ncc(N4CC[C@](O)(C(=O)NCc5cc(F)cc(Cl)c5)C4=O)cn3)CC2)CO[C@@H]1c1cc(F)ccc1F. The minimum atomic E-state index is -2.32. The number of alkyl carbamates (subject to hydrolysis) is 1. The molecule has 2 aromatic carbocycles. The van der Waals surface area contributed by atoms with Crippen molar-refractivity contribution in [2.75, 3.05) is 31.1 Å². The first-order valence-electron chi connectivity index (χ1n) is 17.2. The molecular weight excluding hydrogens is 717 g/mol. The number of aromatic nitrogens is 2. The van der Waals surface area contributed by atoms with Gasteiger partial charge in [0.05, 0.1) is 30.7 Å². The second-order valence-electron chi connectivity index (χ2n) is 14.3. The van der Waals surface area contributed by atoms with E-state index >= 15 is 0 Å². The summed E-state index contributed by atoms with van der Waals surface area (Å²) in [5.41, 5.74) is -1.52. The minimum Gasteiger partial charge on any atom is -0.444 e. The summed E-state index contributed by atoms with van der Waals surface area (Å²) in [7, 11) is 0. The van der Waals surface area contributed by atoms with E-state index in [0.29, 0.717) is 43.0 Å². The monoisotopic (exact) mass is 756 g/mol. The van der Waals surface area contributed by atoms with Gasteiger partial charge in [0, 0.05) is 49.2 Å². The zero-order valence-electron chi connectivity index (χ0n) is 29.4. The second-order valence-corrected chi connectivity index (χ2v) is 14.8. The lowest BCUT2D eigenvalue weighted by Crippen LogP contribution is -2.53. The molecule has 3 aliphatic rings. The number of hydrogen-bond acceptors (Lipinski definition) is 9. The van der Waals surface area contributed by atoms with Crippen LogP contribution < -0.4 is 15.5 Å². The molecule has 2 saturated heterocycles. The molecule has 0 radical (unpaired) electrons. The van der Waals surface area contributed by atoms with Crippen molar-refractivity contribution >= 4 is 40.8 Å². The number of rotatable bonds is 8. The Labute approximate surface area is 309 Å². The maximum absolute atomic E-state index is 14.8. The van der Waals surface area contributed by atoms with Gasteiger partial charge in [-0.1, -0.05) is 17.7 Å². The quantitative estimate of drug-likeness (QED) is 0.275. The Balaban J connectivity index is 1.07. The second kappa shape index (κ2) is 15.4. The molecule has 12 nitrogen and oxygen atoms in total. The number of anilines is 1. The molecule has 2 fully saturated rings. The number of nitrogens with zero attached hydrogens (tertiary/aromatic N) is 4. The van der Waals surface area contributed by atoms with Gasteiger partial charge < -0.3 is 30.1 Å². The summed E-state index contributed by atoms with van der Waals surface area (Å²) in [6.07, 6.45) is 4.07. The summed E-state index contributed by atoms with van der Waals surface area (Å²) in [6.45, 7) is 6.42. The van der Waals surface area contributed by atoms with Crippen LogP contribution >= 0.6 is 11.6 Å². The number of benzene rings is 2. The van der Waals surface area contributed by atoms with Crippen LogP contribution in [0.3, 0.4) is 0 Å². The van der Waals surface area contributed by atoms with Crippen molar-refractivity contribution in [3.8, 4) is 0 Å². The highest BCUT2D eigenvalue weighted by molar-refractivity contribution is 6.30. The maximum Gasteiger partial charge on any atom is 0.407 e. The molecule has 4 heterocycles. The molecule has 0 unspecified atom stereocenters. The van der Waals surface area contributed by atoms with E-state index in [-0.39, 0.29) is 42.7 Å². The summed E-state index contributed by atoms with van der Waals surface area (Å²) in [4.78, 5) is 51.2. The number of ether oxygens (including phenoxy) is 2. The van der Waals surface area contributed by atoms with Crippen molar-refractivity contribution in [1.29, 1.82) is 0 Å². The summed E-state index contributed by atoms with van der Waals surface area (Å²) in [5.74, 6) is -3.12. The number of aliphatic hydroxyl groups is 1. The number of halogens is 4. The Morgan fingerprint density at radius 1 is 1.09 bits per heavy atom. The van der Waals surface area contributed by atoms with Gasteiger partial charge in [-0.15, -0.1) is 0 Å². The van der Waals surface area contributed by atoms with Crippen LogP contribution in [0.5, 0.6) is 0 Å². The number of carbonyl (C=O) groups excluding carboxylic acids is 3. The van der Waals surface area contributed by atoms with Crippen LogP contribution in [0, 0.1) is 17.5 Å². The Kier molecular flexibility index (Phi) is 11.1. The van der Waals surface area contributed by atoms with Crippen molar-refractivity contribution < 1.29 is 42.1 Å². The largest absolute Gasteiger partial charge is 0.444 e. The Bertz CT molecular complexity index is 1890. The molecule has 3 aromatic rings. The lowest BCUT2D eigenvalue weighted by molar-refractivity contribution is -0.149. The molecule has 0 saturated carbocycles. The zero-order chi connectivity index (χ0) is 38.1. The Morgan fingerprint density at radius 2 is 1.85 bits per heavy atom. The molecule has 1 aromatic heterocycles. The summed E-state index contributed by atoms with van der Waals surface area (Å²) < 4.78 is 54.2. The fourth-order valence-electron chi connectivity index (χ4n) is 6.75. The molecular formula is C37H40ClF3N6O6. The fourth-order valence-corrected chi connectivity index (χ4v) is 7.00. The van der Waals surface area contributed by atoms with Gasteiger partial charge in [0.1, 0.15) is 29.2 Å². The van der Waals surface area contributed by atoms with Gasteiger partial charge in [0.2, 0.25) is 5.60 Å². The first-order chi connectivity index (χ1) is 25.1. The molecule has 3 N–H and O–H groups in total. The van der Waals surface area contributed by atoms with Gasteiger partial charge in [0.25, 0.3) is 11.8 Å². The Morgan fingerprint density at radius 3 is 2.53 bits per heavy atom. The van der Waals surface area contributed by atoms with Gasteiger partial charge in [0.15, 0.2) is 5.82 Å². The van der Waals surface area contributed by atoms with Crippen molar-refractivity contribution in [2.24, 2.45) is 0 Å². The van der Waals surface area contributed by atoms with E-state index in [4.69, 9.17) is 21.1 Å². The van der Waals surface area contributed by atoms with E-state index in [1.54, 1.807) is 20.8 Å². The molecule has 0 aliphatic carbocycles. The van der Waals surface area contributed by atoms with E-state index in [9.17, 15) is 32.7 Å². The smallest absolute Gasteiger partial charge is 0.407 e. The van der Waals surface area contributed by atoms with Gasteiger partial charge in [-0.3, -0.25) is 14.5 Å². The standard InChI is InChI=1S/C37H40ClF3N6O6/c1-36(2,3)53-35(50)45-30-16-26(20-52-31(30)28-15-24(39)4-5-29(28)41)46-9-6-22(7-10-46)32-42-18-27(19-43-32)47-11-8-37(51,34(47)49)33(48)44-17-21-12-23(38)14-25(40)13-21/h4-6,12-15,18-19,26,30-31,51H,7-11,16-17,20H2,1-3H3,(H,44,48)(H,45,50)/t26-,30+,31-,37+/m1/s1. The van der Waals surface area contributed by atoms with Crippen LogP contribution in [0.2, 0.25) is 5.02 Å². The van der Waals surface area contributed by atoms with E-state index in [1.165, 1.54) is 29.4 Å². The van der Waals surface area contributed by atoms with Gasteiger partial charge in [-0.05, 0) is 81.1 Å². The van der Waals surface area contributed by atoms with Crippen LogP contribution in [0.15, 0.2) is 54.9 Å². The van der Waals surface area contributed by atoms with E-state index in [0.717, 1.165) is 29.8 Å². The summed E-state index contributed by atoms with van der Waals surface area (Å²) in [6, 6.07) is 6.07. The first kappa shape index (κ1) is 38.2. The highest BCUT2D eigenvalue weighted by Crippen LogP contribution is 2.34. The third-order valence-corrected chi connectivity index (χ3v) is 9.59. The third kappa shape index (κ3) is 8.81. The average molecular weight is 757 g/mol. The summed E-state index contributed by atoms with van der Waals surface area (Å²) in [5, 5.41) is 16.5. The van der Waals surface area contributed by atoms with Crippen molar-refractivity contribution in [1.82, 2.24) is 25.5 Å². The highest BCUT2D eigenvalue weighted by Gasteiger charge is 2.52. The third-order valence-electron chi connectivity index (χ3n) is 9.37. The first-order valence-corrected chi connectivity index (χ1v) is 17.6. The van der Waals surface area contributed by atoms with Gasteiger partial charge in [-0.2, -0.15) is 0 Å². The number of amides is 3. The zero-order valence-corrected chi connectivity index (χ0v) is 30.1. The summed E-state index contributed by atoms with van der Waals surface area (Å²) >= 11 is 5.87. The van der Waals surface area contributed by atoms with Crippen LogP contribution in [-0.4, -0.2) is 87.4 Å². The van der Waals surface area contributed by atoms with Crippen LogP contribution in [0.25, 0.3) is 5.57 Å². The maximum atomic E-state index is 14.8. The highest BCUT2D eigenvalue weighted by atomic mass is 35.5. The lowest BCUT2D eigenvalue weighted by atomic mass is 9.91. The molecule has 282 valence electrons. The predicted octanol–water partition coefficient (Wildman–Crippen LogP) is 4.84. The normalized spacial score (nSPS) is 23.8. The van der Waals surface area contributed by atoms with Gasteiger partial charge in [-0.25, -0.2) is 27.9 Å². The average Bonchev–Trinajstić information content (AvgIpc) is 3.41. The van der Waals surface area contributed by atoms with E-state index in [2.05, 4.69) is 25.5 Å². The van der Waals surface area contributed by atoms with E-state index in [1.807, 2.05) is 6.08 Å². The molecule has 53 heavy (non-hydrogen) atoms. The fraction of sp³-hybridized carbons (Fsp3) is 0.432. The van der Waals surface area contributed by atoms with Crippen molar-refractivity contribution in [3.63, 3.8) is 0 Å². The van der Waals surface area contributed by atoms with Crippen LogP contribution in [-0.2, 0) is 25.6 Å². The molecule has 3 aliphatic heterocycles. The number of carbonyl (C=O) groups is 3. The molecule has 0 bridgehead atoms. The van der Waals surface area contributed by atoms with Crippen LogP contribution in [0.1, 0.15) is 63.1 Å². The molecule has 3 amide bonds. The number of nitrogens with one attached hydrogen (secondary N) is 2. The predicted molar refractivity (Wildman–Crippen MR) is 188 cm³/mol. The molecule has 0 spiro atoms. The van der Waals surface area contributed by atoms with Crippen molar-refractivity contribution in [3.05, 3.63) is 94.3 Å². The van der Waals surface area contributed by atoms with E-state index < -0.39 is 58.7 Å². The minimum absolute atomic E-state index is 0.0149. The van der Waals surface area contributed by atoms with Crippen LogP contribution in [0.4, 0.5) is 23.7 Å². The molecule has 16 heteroatoms. The number of hydrogen-bond donors (Lipinski definition) is 3. The Hall–Kier alpha value is -4.57. The van der Waals surface area contributed by atoms with Crippen molar-refractivity contribution in [2.45, 2.75) is 76.0 Å². The van der Waals surface area contributed by atoms with Gasteiger partial charge >= 0.3 is 6.09 Å². The lowest BCUT2D eigenvalue weighted by Gasteiger charge is -2.42. The topological polar surface area (TPSA) is 146 Å². The molecule has 6 rings (SSSR count).